The Kier molecular flexibility index (Phi) is 6.40. The van der Waals surface area contributed by atoms with Crippen LogP contribution in [0.25, 0.3) is 0 Å². The molecule has 1 aliphatic rings. The van der Waals surface area contributed by atoms with Crippen LogP contribution in [0.2, 0.25) is 0 Å². The lowest BCUT2D eigenvalue weighted by atomic mass is 9.84. The van der Waals surface area contributed by atoms with Crippen LogP contribution in [0.5, 0.6) is 0 Å². The van der Waals surface area contributed by atoms with Crippen LogP contribution in [0.3, 0.4) is 0 Å². The molecule has 1 fully saturated rings. The molecule has 1 aromatic heterocycles. The molecule has 1 saturated carbocycles. The molecule has 1 aliphatic carbocycles. The van der Waals surface area contributed by atoms with E-state index in [-0.39, 0.29) is 23.4 Å². The number of hydrogen-bond acceptors (Lipinski definition) is 4. The largest absolute Gasteiger partial charge is 0.446 e. The average molecular weight is 335 g/mol. The minimum Gasteiger partial charge on any atom is -0.446 e. The van der Waals surface area contributed by atoms with Gasteiger partial charge in [0.05, 0.1) is 6.54 Å². The number of oxazole rings is 1. The van der Waals surface area contributed by atoms with Crippen molar-refractivity contribution in [3.63, 3.8) is 0 Å². The van der Waals surface area contributed by atoms with Crippen molar-refractivity contribution in [3.05, 3.63) is 17.8 Å². The van der Waals surface area contributed by atoms with Gasteiger partial charge in [0.15, 0.2) is 5.69 Å². The van der Waals surface area contributed by atoms with Crippen LogP contribution in [0.1, 0.15) is 63.3 Å². The predicted octanol–water partition coefficient (Wildman–Crippen LogP) is 2.85. The third kappa shape index (κ3) is 5.08. The molecule has 0 saturated heterocycles. The second kappa shape index (κ2) is 8.31. The normalized spacial score (nSPS) is 14.8. The van der Waals surface area contributed by atoms with Gasteiger partial charge >= 0.3 is 0 Å². The number of hydrogen-bond donors (Lipinski definition) is 1. The first-order chi connectivity index (χ1) is 11.4. The Hall–Kier alpha value is -1.85. The predicted molar refractivity (Wildman–Crippen MR) is 91.3 cm³/mol. The highest BCUT2D eigenvalue weighted by atomic mass is 16.3. The average Bonchev–Trinajstić information content (AvgIpc) is 2.90. The standard InChI is InChI=1S/C18H29N3O3/c1-12(2)8-19-17(22)15-11-24-16(20-15)10-21(9-13(3)4)18(23)14-6-5-7-14/h11-14H,5-10H2,1-4H3,(H,19,22). The summed E-state index contributed by atoms with van der Waals surface area (Å²) in [6, 6.07) is 0. The summed E-state index contributed by atoms with van der Waals surface area (Å²) in [5.74, 6) is 1.25. The van der Waals surface area contributed by atoms with Crippen LogP contribution in [0.15, 0.2) is 10.7 Å². The Balaban J connectivity index is 1.98. The molecule has 2 amide bonds. The number of amides is 2. The summed E-state index contributed by atoms with van der Waals surface area (Å²) >= 11 is 0. The number of aromatic nitrogens is 1. The van der Waals surface area contributed by atoms with Crippen LogP contribution in [-0.4, -0.2) is 34.8 Å². The van der Waals surface area contributed by atoms with E-state index in [1.165, 1.54) is 6.26 Å². The molecule has 0 aromatic carbocycles. The highest BCUT2D eigenvalue weighted by molar-refractivity contribution is 5.91. The summed E-state index contributed by atoms with van der Waals surface area (Å²) in [5, 5.41) is 2.81. The molecule has 1 aromatic rings. The van der Waals surface area contributed by atoms with E-state index in [2.05, 4.69) is 24.1 Å². The van der Waals surface area contributed by atoms with Crippen molar-refractivity contribution in [1.82, 2.24) is 15.2 Å². The highest BCUT2D eigenvalue weighted by Gasteiger charge is 2.30. The number of rotatable bonds is 8. The molecule has 0 aliphatic heterocycles. The van der Waals surface area contributed by atoms with Gasteiger partial charge in [0.25, 0.3) is 5.91 Å². The monoisotopic (exact) mass is 335 g/mol. The molecule has 0 radical (unpaired) electrons. The van der Waals surface area contributed by atoms with E-state index in [0.717, 1.165) is 19.3 Å². The van der Waals surface area contributed by atoms with Gasteiger partial charge in [0.2, 0.25) is 11.8 Å². The molecule has 0 unspecified atom stereocenters. The zero-order valence-corrected chi connectivity index (χ0v) is 15.2. The summed E-state index contributed by atoms with van der Waals surface area (Å²) in [6.45, 7) is 9.83. The summed E-state index contributed by atoms with van der Waals surface area (Å²) in [4.78, 5) is 30.6. The molecule has 6 nitrogen and oxygen atoms in total. The molecule has 1 N–H and O–H groups in total. The van der Waals surface area contributed by atoms with E-state index in [4.69, 9.17) is 4.42 Å². The van der Waals surface area contributed by atoms with Gasteiger partial charge in [-0.15, -0.1) is 0 Å². The lowest BCUT2D eigenvalue weighted by Crippen LogP contribution is -2.40. The Morgan fingerprint density at radius 1 is 1.29 bits per heavy atom. The maximum Gasteiger partial charge on any atom is 0.273 e. The van der Waals surface area contributed by atoms with E-state index < -0.39 is 0 Å². The fourth-order valence-corrected chi connectivity index (χ4v) is 2.63. The first-order valence-corrected chi connectivity index (χ1v) is 8.88. The quantitative estimate of drug-likeness (QED) is 0.792. The first kappa shape index (κ1) is 18.5. The number of carbonyl (C=O) groups excluding carboxylic acids is 2. The molecule has 0 spiro atoms. The van der Waals surface area contributed by atoms with Crippen LogP contribution in [0, 0.1) is 17.8 Å². The molecule has 134 valence electrons. The topological polar surface area (TPSA) is 75.4 Å². The zero-order chi connectivity index (χ0) is 17.7. The first-order valence-electron chi connectivity index (χ1n) is 8.88. The summed E-state index contributed by atoms with van der Waals surface area (Å²) in [6.07, 6.45) is 4.45. The van der Waals surface area contributed by atoms with Gasteiger partial charge in [-0.1, -0.05) is 34.1 Å². The van der Waals surface area contributed by atoms with Crippen molar-refractivity contribution in [2.45, 2.75) is 53.5 Å². The van der Waals surface area contributed by atoms with Gasteiger partial charge < -0.3 is 14.6 Å². The van der Waals surface area contributed by atoms with Crippen molar-refractivity contribution in [1.29, 1.82) is 0 Å². The second-order valence-electron chi connectivity index (χ2n) is 7.47. The Labute approximate surface area is 144 Å². The molecular formula is C18H29N3O3. The van der Waals surface area contributed by atoms with Crippen molar-refractivity contribution in [2.24, 2.45) is 17.8 Å². The Morgan fingerprint density at radius 3 is 2.54 bits per heavy atom. The second-order valence-corrected chi connectivity index (χ2v) is 7.47. The Morgan fingerprint density at radius 2 is 2.00 bits per heavy atom. The number of nitrogens with zero attached hydrogens (tertiary/aromatic N) is 2. The van der Waals surface area contributed by atoms with E-state index in [1.54, 1.807) is 0 Å². The fourth-order valence-electron chi connectivity index (χ4n) is 2.63. The lowest BCUT2D eigenvalue weighted by Gasteiger charge is -2.32. The minimum absolute atomic E-state index is 0.146. The van der Waals surface area contributed by atoms with Crippen LogP contribution < -0.4 is 5.32 Å². The van der Waals surface area contributed by atoms with E-state index in [0.29, 0.717) is 37.4 Å². The summed E-state index contributed by atoms with van der Waals surface area (Å²) < 4.78 is 5.42. The SMILES string of the molecule is CC(C)CNC(=O)c1coc(CN(CC(C)C)C(=O)C2CCC2)n1. The van der Waals surface area contributed by atoms with Crippen molar-refractivity contribution < 1.29 is 14.0 Å². The molecule has 1 heterocycles. The smallest absolute Gasteiger partial charge is 0.273 e. The molecule has 2 rings (SSSR count). The fraction of sp³-hybridized carbons (Fsp3) is 0.722. The Bertz CT molecular complexity index is 562. The van der Waals surface area contributed by atoms with Crippen molar-refractivity contribution in [2.75, 3.05) is 13.1 Å². The molecule has 6 heteroatoms. The maximum atomic E-state index is 12.6. The van der Waals surface area contributed by atoms with Gasteiger partial charge in [-0.3, -0.25) is 9.59 Å². The van der Waals surface area contributed by atoms with Crippen LogP contribution in [-0.2, 0) is 11.3 Å². The van der Waals surface area contributed by atoms with Gasteiger partial charge in [-0.05, 0) is 24.7 Å². The maximum absolute atomic E-state index is 12.6. The van der Waals surface area contributed by atoms with Crippen LogP contribution >= 0.6 is 0 Å². The van der Waals surface area contributed by atoms with E-state index in [9.17, 15) is 9.59 Å². The minimum atomic E-state index is -0.237. The molecule has 0 bridgehead atoms. The number of carbonyl (C=O) groups is 2. The van der Waals surface area contributed by atoms with Gasteiger partial charge in [0.1, 0.15) is 6.26 Å². The van der Waals surface area contributed by atoms with Gasteiger partial charge in [0, 0.05) is 19.0 Å². The van der Waals surface area contributed by atoms with E-state index in [1.807, 2.05) is 18.7 Å². The van der Waals surface area contributed by atoms with E-state index >= 15 is 0 Å². The van der Waals surface area contributed by atoms with Crippen molar-refractivity contribution in [3.8, 4) is 0 Å². The summed E-state index contributed by atoms with van der Waals surface area (Å²) in [7, 11) is 0. The molecule has 24 heavy (non-hydrogen) atoms. The van der Waals surface area contributed by atoms with Gasteiger partial charge in [-0.25, -0.2) is 4.98 Å². The van der Waals surface area contributed by atoms with Crippen molar-refractivity contribution >= 4 is 11.8 Å². The lowest BCUT2D eigenvalue weighted by molar-refractivity contribution is -0.139. The third-order valence-electron chi connectivity index (χ3n) is 4.13. The summed E-state index contributed by atoms with van der Waals surface area (Å²) in [5.41, 5.74) is 0.270. The van der Waals surface area contributed by atoms with Crippen LogP contribution in [0.4, 0.5) is 0 Å². The third-order valence-corrected chi connectivity index (χ3v) is 4.13. The molecule has 0 atom stereocenters. The molecular weight excluding hydrogens is 306 g/mol. The van der Waals surface area contributed by atoms with Gasteiger partial charge in [-0.2, -0.15) is 0 Å². The number of nitrogens with one attached hydrogen (secondary N) is 1. The zero-order valence-electron chi connectivity index (χ0n) is 15.2. The highest BCUT2D eigenvalue weighted by Crippen LogP contribution is 2.29.